The van der Waals surface area contributed by atoms with E-state index >= 15 is 0 Å². The van der Waals surface area contributed by atoms with Crippen LogP contribution >= 0.6 is 11.6 Å². The van der Waals surface area contributed by atoms with Gasteiger partial charge in [-0.15, -0.1) is 0 Å². The Kier molecular flexibility index (Phi) is 6.84. The molecule has 0 radical (unpaired) electrons. The monoisotopic (exact) mass is 426 g/mol. The molecule has 152 valence electrons. The Balaban J connectivity index is 2.34. The highest BCUT2D eigenvalue weighted by Crippen LogP contribution is 2.35. The van der Waals surface area contributed by atoms with Crippen LogP contribution < -0.4 is 14.8 Å². The predicted molar refractivity (Wildman–Crippen MR) is 108 cm³/mol. The van der Waals surface area contributed by atoms with Crippen LogP contribution in [0.15, 0.2) is 29.6 Å². The molecular formula is C18H23ClN4O4S. The van der Waals surface area contributed by atoms with Gasteiger partial charge >= 0.3 is 6.03 Å². The van der Waals surface area contributed by atoms with Gasteiger partial charge in [0.1, 0.15) is 6.33 Å². The zero-order chi connectivity index (χ0) is 21.1. The summed E-state index contributed by atoms with van der Waals surface area (Å²) in [5.41, 5.74) is 2.17. The largest absolute Gasteiger partial charge is 0.481 e. The number of amides is 2. The molecule has 0 fully saturated rings. The van der Waals surface area contributed by atoms with Crippen molar-refractivity contribution in [2.75, 3.05) is 12.4 Å². The molecule has 2 N–H and O–H groups in total. The van der Waals surface area contributed by atoms with Crippen LogP contribution in [0.3, 0.4) is 0 Å². The first kappa shape index (κ1) is 21.9. The number of ether oxygens (including phenoxy) is 1. The van der Waals surface area contributed by atoms with Crippen molar-refractivity contribution in [1.29, 1.82) is 0 Å². The van der Waals surface area contributed by atoms with E-state index in [1.807, 2.05) is 32.4 Å². The summed E-state index contributed by atoms with van der Waals surface area (Å²) in [5.74, 6) is 0.195. The molecule has 2 amide bonds. The topological polar surface area (TPSA) is 110 Å². The zero-order valence-corrected chi connectivity index (χ0v) is 17.9. The van der Waals surface area contributed by atoms with E-state index in [4.69, 9.17) is 16.3 Å². The van der Waals surface area contributed by atoms with E-state index in [-0.39, 0.29) is 22.7 Å². The number of methoxy groups -OCH3 is 1. The summed E-state index contributed by atoms with van der Waals surface area (Å²) in [6.45, 7) is 7.84. The third kappa shape index (κ3) is 5.11. The second-order valence-electron chi connectivity index (χ2n) is 6.73. The number of aromatic nitrogens is 2. The number of nitrogens with one attached hydrogen (secondary N) is 2. The average Bonchev–Trinajstić information content (AvgIpc) is 2.62. The van der Waals surface area contributed by atoms with Crippen molar-refractivity contribution in [2.45, 2.75) is 44.6 Å². The smallest absolute Gasteiger partial charge is 0.333 e. The van der Waals surface area contributed by atoms with Crippen LogP contribution in [-0.4, -0.2) is 31.5 Å². The van der Waals surface area contributed by atoms with E-state index < -0.39 is 16.1 Å². The Bertz CT molecular complexity index is 948. The number of anilines is 1. The molecule has 2 rings (SSSR count). The van der Waals surface area contributed by atoms with Gasteiger partial charge in [-0.3, -0.25) is 0 Å². The number of carbonyl (C=O) groups is 1. The van der Waals surface area contributed by atoms with Gasteiger partial charge in [0.05, 0.1) is 7.11 Å². The molecule has 0 atom stereocenters. The summed E-state index contributed by atoms with van der Waals surface area (Å²) in [4.78, 5) is 19.9. The summed E-state index contributed by atoms with van der Waals surface area (Å²) in [6.07, 6.45) is 1.04. The summed E-state index contributed by atoms with van der Waals surface area (Å²) in [7, 11) is -2.86. The van der Waals surface area contributed by atoms with Crippen LogP contribution in [0.1, 0.15) is 50.7 Å². The normalized spacial score (nSPS) is 11.6. The van der Waals surface area contributed by atoms with Crippen LogP contribution in [0.4, 0.5) is 10.5 Å². The lowest BCUT2D eigenvalue weighted by atomic mass is 9.92. The lowest BCUT2D eigenvalue weighted by molar-refractivity contribution is 0.256. The van der Waals surface area contributed by atoms with E-state index in [2.05, 4.69) is 15.3 Å². The van der Waals surface area contributed by atoms with Crippen molar-refractivity contribution in [1.82, 2.24) is 14.7 Å². The van der Waals surface area contributed by atoms with Crippen LogP contribution in [0, 0.1) is 0 Å². The highest BCUT2D eigenvalue weighted by Gasteiger charge is 2.23. The van der Waals surface area contributed by atoms with Crippen LogP contribution in [0.25, 0.3) is 0 Å². The zero-order valence-electron chi connectivity index (χ0n) is 16.3. The molecule has 28 heavy (non-hydrogen) atoms. The Morgan fingerprint density at radius 2 is 1.64 bits per heavy atom. The molecule has 0 aliphatic carbocycles. The molecule has 0 aliphatic heterocycles. The van der Waals surface area contributed by atoms with E-state index in [0.717, 1.165) is 23.5 Å². The highest BCUT2D eigenvalue weighted by molar-refractivity contribution is 7.90. The molecular weight excluding hydrogens is 404 g/mol. The van der Waals surface area contributed by atoms with E-state index in [0.29, 0.717) is 10.7 Å². The second-order valence-corrected chi connectivity index (χ2v) is 8.79. The molecule has 8 nitrogen and oxygen atoms in total. The molecule has 10 heteroatoms. The maximum Gasteiger partial charge on any atom is 0.333 e. The fraction of sp³-hybridized carbons (Fsp3) is 0.389. The van der Waals surface area contributed by atoms with E-state index in [1.165, 1.54) is 7.11 Å². The van der Waals surface area contributed by atoms with Crippen molar-refractivity contribution in [3.8, 4) is 5.88 Å². The molecule has 0 bridgehead atoms. The van der Waals surface area contributed by atoms with Gasteiger partial charge in [0.25, 0.3) is 10.0 Å². The van der Waals surface area contributed by atoms with Gasteiger partial charge < -0.3 is 10.1 Å². The average molecular weight is 427 g/mol. The van der Waals surface area contributed by atoms with Gasteiger partial charge in [-0.1, -0.05) is 39.3 Å². The van der Waals surface area contributed by atoms with Crippen molar-refractivity contribution >= 4 is 33.3 Å². The fourth-order valence-corrected chi connectivity index (χ4v) is 3.68. The van der Waals surface area contributed by atoms with E-state index in [1.54, 1.807) is 12.1 Å². The van der Waals surface area contributed by atoms with Gasteiger partial charge in [-0.25, -0.2) is 19.5 Å². The van der Waals surface area contributed by atoms with Crippen molar-refractivity contribution in [3.05, 3.63) is 40.7 Å². The number of rotatable bonds is 6. The maximum atomic E-state index is 12.5. The van der Waals surface area contributed by atoms with Crippen LogP contribution in [-0.2, 0) is 10.0 Å². The number of benzene rings is 1. The van der Waals surface area contributed by atoms with Crippen molar-refractivity contribution in [3.63, 3.8) is 0 Å². The standard InChI is InChI=1S/C18H23ClN4O4S/c1-10(2)13-6-12(19)7-14(11(3)4)17(13)22-18(24)23-28(25,26)16-8-15(27-5)20-9-21-16/h6-11H,1-5H3,(H2,22,23,24). The lowest BCUT2D eigenvalue weighted by Crippen LogP contribution is -2.35. The summed E-state index contributed by atoms with van der Waals surface area (Å²) < 4.78 is 31.8. The fourth-order valence-electron chi connectivity index (χ4n) is 2.60. The minimum atomic E-state index is -4.21. The molecule has 1 heterocycles. The van der Waals surface area contributed by atoms with Gasteiger partial charge in [0.2, 0.25) is 5.88 Å². The first-order valence-corrected chi connectivity index (χ1v) is 10.4. The van der Waals surface area contributed by atoms with Gasteiger partial charge in [-0.2, -0.15) is 8.42 Å². The Labute approximate surface area is 169 Å². The molecule has 0 saturated carbocycles. The summed E-state index contributed by atoms with van der Waals surface area (Å²) >= 11 is 6.21. The van der Waals surface area contributed by atoms with Gasteiger partial charge in [-0.05, 0) is 35.1 Å². The summed E-state index contributed by atoms with van der Waals surface area (Å²) in [6, 6.07) is 3.75. The number of halogens is 1. The molecule has 0 spiro atoms. The minimum Gasteiger partial charge on any atom is -0.481 e. The van der Waals surface area contributed by atoms with Crippen LogP contribution in [0.5, 0.6) is 5.88 Å². The molecule has 0 unspecified atom stereocenters. The lowest BCUT2D eigenvalue weighted by Gasteiger charge is -2.21. The number of carbonyl (C=O) groups excluding carboxylic acids is 1. The SMILES string of the molecule is COc1cc(S(=O)(=O)NC(=O)Nc2c(C(C)C)cc(Cl)cc2C(C)C)ncn1. The van der Waals surface area contributed by atoms with Crippen molar-refractivity contribution < 1.29 is 17.9 Å². The van der Waals surface area contributed by atoms with Crippen molar-refractivity contribution in [2.24, 2.45) is 0 Å². The number of urea groups is 1. The third-order valence-electron chi connectivity index (χ3n) is 3.98. The number of sulfonamides is 1. The Hall–Kier alpha value is -2.39. The highest BCUT2D eigenvalue weighted by atomic mass is 35.5. The molecule has 0 aliphatic rings. The quantitative estimate of drug-likeness (QED) is 0.678. The summed E-state index contributed by atoms with van der Waals surface area (Å²) in [5, 5.41) is 2.84. The molecule has 2 aromatic rings. The Morgan fingerprint density at radius 1 is 1.07 bits per heavy atom. The first-order valence-electron chi connectivity index (χ1n) is 8.58. The maximum absolute atomic E-state index is 12.5. The van der Waals surface area contributed by atoms with Crippen LogP contribution in [0.2, 0.25) is 5.02 Å². The number of nitrogens with zero attached hydrogens (tertiary/aromatic N) is 2. The third-order valence-corrected chi connectivity index (χ3v) is 5.42. The second kappa shape index (κ2) is 8.74. The molecule has 0 saturated heterocycles. The first-order chi connectivity index (χ1) is 13.0. The van der Waals surface area contributed by atoms with E-state index in [9.17, 15) is 13.2 Å². The van der Waals surface area contributed by atoms with Gasteiger partial charge in [0, 0.05) is 16.8 Å². The van der Waals surface area contributed by atoms with Gasteiger partial charge in [0.15, 0.2) is 5.03 Å². The number of hydrogen-bond donors (Lipinski definition) is 2. The Morgan fingerprint density at radius 3 is 2.14 bits per heavy atom. The minimum absolute atomic E-state index is 0.0641. The molecule has 1 aromatic carbocycles. The predicted octanol–water partition coefficient (Wildman–Crippen LogP) is 3.90. The molecule has 1 aromatic heterocycles. The number of hydrogen-bond acceptors (Lipinski definition) is 6.